The molecule has 2 N–H and O–H groups in total. The summed E-state index contributed by atoms with van der Waals surface area (Å²) < 4.78 is 47.7. The summed E-state index contributed by atoms with van der Waals surface area (Å²) in [5.41, 5.74) is 2.68. The quantitative estimate of drug-likeness (QED) is 0.283. The van der Waals surface area contributed by atoms with Crippen LogP contribution in [0.3, 0.4) is 0 Å². The van der Waals surface area contributed by atoms with Gasteiger partial charge in [0.2, 0.25) is 0 Å². The number of rotatable bonds is 13. The summed E-state index contributed by atoms with van der Waals surface area (Å²) in [6, 6.07) is 8.70. The Morgan fingerprint density at radius 2 is 1.50 bits per heavy atom. The second-order valence-corrected chi connectivity index (χ2v) is 10.7. The van der Waals surface area contributed by atoms with Crippen molar-refractivity contribution in [2.45, 2.75) is 69.7 Å². The average Bonchev–Trinajstić information content (AvgIpc) is 2.57. The van der Waals surface area contributed by atoms with E-state index in [-0.39, 0.29) is 6.42 Å². The van der Waals surface area contributed by atoms with Crippen LogP contribution in [-0.2, 0) is 32.0 Å². The summed E-state index contributed by atoms with van der Waals surface area (Å²) in [5.74, 6) is 0. The maximum atomic E-state index is 11.7. The third kappa shape index (κ3) is 8.31. The summed E-state index contributed by atoms with van der Waals surface area (Å²) >= 11 is 0. The van der Waals surface area contributed by atoms with Crippen LogP contribution in [0.1, 0.15) is 63.0 Å². The van der Waals surface area contributed by atoms with E-state index >= 15 is 0 Å². The van der Waals surface area contributed by atoms with E-state index in [1.54, 1.807) is 0 Å². The van der Waals surface area contributed by atoms with Crippen molar-refractivity contribution >= 4 is 17.7 Å². The third-order valence-electron chi connectivity index (χ3n) is 4.45. The fraction of sp³-hybridized carbons (Fsp3) is 0.667. The first-order chi connectivity index (χ1) is 12.2. The zero-order valence-electron chi connectivity index (χ0n) is 15.6. The van der Waals surface area contributed by atoms with E-state index in [4.69, 9.17) is 4.55 Å². The van der Waals surface area contributed by atoms with Crippen LogP contribution in [0.15, 0.2) is 24.3 Å². The molecule has 0 amide bonds. The van der Waals surface area contributed by atoms with Gasteiger partial charge in [-0.25, -0.2) is 0 Å². The Bertz CT molecular complexity index is 671. The second-order valence-electron chi connectivity index (χ2n) is 6.59. The predicted octanol–water partition coefficient (Wildman–Crippen LogP) is 4.57. The predicted molar refractivity (Wildman–Crippen MR) is 104 cm³/mol. The molecule has 0 spiro atoms. The van der Waals surface area contributed by atoms with Gasteiger partial charge in [-0.05, 0) is 36.8 Å². The van der Waals surface area contributed by atoms with Crippen LogP contribution in [0.5, 0.6) is 0 Å². The van der Waals surface area contributed by atoms with Gasteiger partial charge in [-0.2, -0.15) is 8.42 Å². The van der Waals surface area contributed by atoms with Gasteiger partial charge >= 0.3 is 7.60 Å². The molecule has 0 heterocycles. The zero-order chi connectivity index (χ0) is 19.6. The lowest BCUT2D eigenvalue weighted by Crippen LogP contribution is -2.21. The van der Waals surface area contributed by atoms with Crippen LogP contribution in [0, 0.1) is 0 Å². The molecule has 1 aromatic carbocycles. The van der Waals surface area contributed by atoms with Crippen LogP contribution < -0.4 is 0 Å². The molecular formula is C18H31O6PS. The number of unbranched alkanes of at least 4 members (excludes halogenated alkanes) is 4. The third-order valence-corrected chi connectivity index (χ3v) is 8.48. The Morgan fingerprint density at radius 1 is 1.00 bits per heavy atom. The molecular weight excluding hydrogens is 375 g/mol. The molecule has 2 unspecified atom stereocenters. The van der Waals surface area contributed by atoms with E-state index < -0.39 is 22.7 Å². The van der Waals surface area contributed by atoms with Gasteiger partial charge in [-0.3, -0.25) is 9.12 Å². The highest BCUT2D eigenvalue weighted by atomic mass is 32.2. The van der Waals surface area contributed by atoms with Gasteiger partial charge in [0.1, 0.15) is 0 Å². The van der Waals surface area contributed by atoms with Crippen molar-refractivity contribution < 1.29 is 27.0 Å². The number of aryl methyl sites for hydroxylation is 2. The van der Waals surface area contributed by atoms with E-state index in [9.17, 15) is 17.9 Å². The van der Waals surface area contributed by atoms with Crippen molar-refractivity contribution in [1.82, 2.24) is 0 Å². The second kappa shape index (κ2) is 11.2. The molecule has 6 nitrogen and oxygen atoms in total. The Morgan fingerprint density at radius 3 is 2.00 bits per heavy atom. The number of hydrogen-bond acceptors (Lipinski definition) is 4. The Labute approximate surface area is 157 Å². The molecule has 26 heavy (non-hydrogen) atoms. The Kier molecular flexibility index (Phi) is 10.0. The molecule has 0 saturated heterocycles. The lowest BCUT2D eigenvalue weighted by molar-refractivity contribution is 0.307. The molecule has 0 aliphatic rings. The van der Waals surface area contributed by atoms with E-state index in [1.165, 1.54) is 11.1 Å². The molecule has 0 fully saturated rings. The molecule has 1 aromatic rings. The first kappa shape index (κ1) is 23.3. The summed E-state index contributed by atoms with van der Waals surface area (Å²) in [6.45, 7) is 2.17. The van der Waals surface area contributed by atoms with E-state index in [2.05, 4.69) is 35.7 Å². The zero-order valence-corrected chi connectivity index (χ0v) is 17.3. The molecule has 0 aromatic heterocycles. The average molecular weight is 406 g/mol. The Balaban J connectivity index is 2.26. The topological polar surface area (TPSA) is 101 Å². The molecule has 0 radical (unpaired) electrons. The number of hydrogen-bond donors (Lipinski definition) is 2. The van der Waals surface area contributed by atoms with Gasteiger partial charge in [0.05, 0.1) is 0 Å². The lowest BCUT2D eigenvalue weighted by atomic mass is 10.0. The van der Waals surface area contributed by atoms with Crippen LogP contribution >= 0.6 is 7.60 Å². The summed E-state index contributed by atoms with van der Waals surface area (Å²) in [7, 11) is -8.00. The SMILES string of the molecule is CCCc1ccc(CCCCCCCC(P(=O)(O)OC)S(=O)(=O)O)cc1. The maximum absolute atomic E-state index is 11.7. The molecule has 0 aliphatic heterocycles. The minimum atomic E-state index is -4.61. The molecule has 1 rings (SSSR count). The highest BCUT2D eigenvalue weighted by Gasteiger charge is 2.40. The maximum Gasteiger partial charge on any atom is 0.348 e. The molecule has 0 saturated carbocycles. The highest BCUT2D eigenvalue weighted by molar-refractivity contribution is 7.93. The minimum absolute atomic E-state index is 0.0840. The van der Waals surface area contributed by atoms with Crippen molar-refractivity contribution in [2.75, 3.05) is 7.11 Å². The van der Waals surface area contributed by atoms with Crippen LogP contribution in [-0.4, -0.2) is 30.0 Å². The Hall–Kier alpha value is -0.720. The molecule has 0 aliphatic carbocycles. The summed E-state index contributed by atoms with van der Waals surface area (Å²) in [4.78, 5) is 7.77. The van der Waals surface area contributed by atoms with Gasteiger partial charge in [0.15, 0.2) is 4.99 Å². The largest absolute Gasteiger partial charge is 0.348 e. The van der Waals surface area contributed by atoms with Gasteiger partial charge < -0.3 is 9.42 Å². The van der Waals surface area contributed by atoms with Crippen molar-refractivity contribution in [3.05, 3.63) is 35.4 Å². The van der Waals surface area contributed by atoms with E-state index in [1.807, 2.05) is 0 Å². The van der Waals surface area contributed by atoms with Gasteiger partial charge in [-0.1, -0.05) is 63.3 Å². The normalized spacial score (nSPS) is 15.5. The molecule has 150 valence electrons. The first-order valence-electron chi connectivity index (χ1n) is 9.13. The van der Waals surface area contributed by atoms with E-state index in [0.29, 0.717) is 6.42 Å². The lowest BCUT2D eigenvalue weighted by Gasteiger charge is -2.18. The summed E-state index contributed by atoms with van der Waals surface area (Å²) in [5, 5.41) is 0. The fourth-order valence-corrected chi connectivity index (χ4v) is 5.75. The van der Waals surface area contributed by atoms with Gasteiger partial charge in [0, 0.05) is 7.11 Å². The van der Waals surface area contributed by atoms with Crippen molar-refractivity contribution in [3.63, 3.8) is 0 Å². The molecule has 8 heteroatoms. The van der Waals surface area contributed by atoms with E-state index in [0.717, 1.165) is 52.1 Å². The first-order valence-corrected chi connectivity index (χ1v) is 12.3. The van der Waals surface area contributed by atoms with Gasteiger partial charge in [-0.15, -0.1) is 0 Å². The smallest absolute Gasteiger partial charge is 0.323 e. The van der Waals surface area contributed by atoms with Crippen molar-refractivity contribution in [2.24, 2.45) is 0 Å². The summed E-state index contributed by atoms with van der Waals surface area (Å²) in [6.07, 6.45) is 7.33. The highest BCUT2D eigenvalue weighted by Crippen LogP contribution is 2.50. The monoisotopic (exact) mass is 406 g/mol. The fourth-order valence-electron chi connectivity index (χ4n) is 2.94. The van der Waals surface area contributed by atoms with Crippen LogP contribution in [0.2, 0.25) is 0 Å². The van der Waals surface area contributed by atoms with Crippen LogP contribution in [0.25, 0.3) is 0 Å². The molecule has 0 bridgehead atoms. The minimum Gasteiger partial charge on any atom is -0.323 e. The van der Waals surface area contributed by atoms with Crippen molar-refractivity contribution in [3.8, 4) is 0 Å². The molecule has 2 atom stereocenters. The van der Waals surface area contributed by atoms with Crippen LogP contribution in [0.4, 0.5) is 0 Å². The van der Waals surface area contributed by atoms with Crippen molar-refractivity contribution in [1.29, 1.82) is 0 Å². The van der Waals surface area contributed by atoms with Gasteiger partial charge in [0.25, 0.3) is 10.1 Å². The standard InChI is InChI=1S/C18H31O6PS/c1-3-9-16-12-14-17(15-13-16)10-7-5-4-6-8-11-18(26(21,22)23)25(19,20)24-2/h12-15,18H,3-11H2,1-2H3,(H,19,20)(H,21,22,23). The number of benzene rings is 1.